The van der Waals surface area contributed by atoms with Gasteiger partial charge in [-0.1, -0.05) is 6.07 Å². The van der Waals surface area contributed by atoms with Crippen molar-refractivity contribution in [3.63, 3.8) is 0 Å². The van der Waals surface area contributed by atoms with E-state index in [4.69, 9.17) is 9.47 Å². The fraction of sp³-hybridized carbons (Fsp3) is 0.292. The van der Waals surface area contributed by atoms with Crippen LogP contribution in [0.25, 0.3) is 20.7 Å². The molecule has 0 saturated carbocycles. The largest absolute Gasteiger partial charge is 0.493 e. The average Bonchev–Trinajstić information content (AvgIpc) is 3.50. The van der Waals surface area contributed by atoms with Gasteiger partial charge in [0.25, 0.3) is 5.56 Å². The van der Waals surface area contributed by atoms with E-state index in [2.05, 4.69) is 4.98 Å². The van der Waals surface area contributed by atoms with Crippen molar-refractivity contribution in [1.82, 2.24) is 14.5 Å². The van der Waals surface area contributed by atoms with Gasteiger partial charge in [0, 0.05) is 28.9 Å². The maximum absolute atomic E-state index is 13.4. The molecule has 0 fully saturated rings. The van der Waals surface area contributed by atoms with Gasteiger partial charge in [-0.2, -0.15) is 0 Å². The van der Waals surface area contributed by atoms with Crippen molar-refractivity contribution < 1.29 is 14.3 Å². The number of carbonyl (C=O) groups excluding carboxylic acids is 1. The molecule has 0 unspecified atom stereocenters. The lowest BCUT2D eigenvalue weighted by molar-refractivity contribution is -0.132. The molecule has 5 rings (SSSR count). The van der Waals surface area contributed by atoms with Crippen LogP contribution in [0, 0.1) is 6.92 Å². The first-order chi connectivity index (χ1) is 16.0. The van der Waals surface area contributed by atoms with E-state index >= 15 is 0 Å². The Hall–Kier alpha value is -3.17. The number of hydrogen-bond donors (Lipinski definition) is 0. The molecule has 9 heteroatoms. The summed E-state index contributed by atoms with van der Waals surface area (Å²) in [6.45, 7) is 2.80. The Morgan fingerprint density at radius 2 is 1.91 bits per heavy atom. The zero-order valence-electron chi connectivity index (χ0n) is 18.6. The van der Waals surface area contributed by atoms with E-state index in [-0.39, 0.29) is 18.0 Å². The number of ether oxygens (including phenoxy) is 2. The topological polar surface area (TPSA) is 73.7 Å². The molecule has 170 valence electrons. The molecule has 1 aliphatic rings. The maximum Gasteiger partial charge on any atom is 0.263 e. The molecule has 7 nitrogen and oxygen atoms in total. The first kappa shape index (κ1) is 21.7. The van der Waals surface area contributed by atoms with Crippen molar-refractivity contribution in [2.45, 2.75) is 26.4 Å². The Morgan fingerprint density at radius 3 is 2.61 bits per heavy atom. The van der Waals surface area contributed by atoms with E-state index in [0.717, 1.165) is 28.0 Å². The molecule has 1 aromatic carbocycles. The minimum atomic E-state index is -0.167. The first-order valence-corrected chi connectivity index (χ1v) is 12.3. The Labute approximate surface area is 198 Å². The van der Waals surface area contributed by atoms with E-state index < -0.39 is 0 Å². The van der Waals surface area contributed by atoms with Crippen LogP contribution in [-0.2, 0) is 24.3 Å². The summed E-state index contributed by atoms with van der Waals surface area (Å²) in [5.41, 5.74) is 2.89. The lowest BCUT2D eigenvalue weighted by Crippen LogP contribution is -2.40. The quantitative estimate of drug-likeness (QED) is 0.429. The number of amides is 1. The van der Waals surface area contributed by atoms with Gasteiger partial charge in [0.2, 0.25) is 5.91 Å². The number of fused-ring (bicyclic) bond motifs is 2. The van der Waals surface area contributed by atoms with Crippen LogP contribution in [0.3, 0.4) is 0 Å². The summed E-state index contributed by atoms with van der Waals surface area (Å²) in [6.07, 6.45) is 0.722. The first-order valence-electron chi connectivity index (χ1n) is 10.5. The van der Waals surface area contributed by atoms with E-state index in [1.54, 1.807) is 37.4 Å². The number of methoxy groups -OCH3 is 2. The minimum Gasteiger partial charge on any atom is -0.493 e. The van der Waals surface area contributed by atoms with Gasteiger partial charge in [-0.15, -0.1) is 22.7 Å². The molecule has 0 aliphatic carbocycles. The zero-order valence-corrected chi connectivity index (χ0v) is 20.2. The number of aryl methyl sites for hydroxylation is 1. The van der Waals surface area contributed by atoms with Crippen LogP contribution < -0.4 is 15.0 Å². The number of thiophene rings is 2. The summed E-state index contributed by atoms with van der Waals surface area (Å²) < 4.78 is 12.3. The van der Waals surface area contributed by atoms with Gasteiger partial charge in [-0.25, -0.2) is 4.98 Å². The van der Waals surface area contributed by atoms with Crippen LogP contribution in [0.5, 0.6) is 11.5 Å². The van der Waals surface area contributed by atoms with Gasteiger partial charge in [-0.05, 0) is 48.1 Å². The molecule has 1 amide bonds. The van der Waals surface area contributed by atoms with Crippen molar-refractivity contribution in [3.05, 3.63) is 62.3 Å². The summed E-state index contributed by atoms with van der Waals surface area (Å²) >= 11 is 3.05. The molecular weight excluding hydrogens is 458 g/mol. The van der Waals surface area contributed by atoms with E-state index in [0.29, 0.717) is 40.6 Å². The predicted octanol–water partition coefficient (Wildman–Crippen LogP) is 4.10. The molecule has 0 N–H and O–H groups in total. The van der Waals surface area contributed by atoms with E-state index in [9.17, 15) is 9.59 Å². The number of aromatic nitrogens is 2. The summed E-state index contributed by atoms with van der Waals surface area (Å²) in [4.78, 5) is 34.8. The molecule has 0 saturated heterocycles. The lowest BCUT2D eigenvalue weighted by atomic mass is 9.98. The molecule has 1 aliphatic heterocycles. The minimum absolute atomic E-state index is 0.0318. The molecule has 0 spiro atoms. The number of nitrogens with zero attached hydrogens (tertiary/aromatic N) is 3. The van der Waals surface area contributed by atoms with Crippen LogP contribution in [0.4, 0.5) is 0 Å². The van der Waals surface area contributed by atoms with Gasteiger partial charge in [0.05, 0.1) is 19.6 Å². The third-order valence-corrected chi connectivity index (χ3v) is 7.81. The highest BCUT2D eigenvalue weighted by molar-refractivity contribution is 7.18. The Morgan fingerprint density at radius 1 is 1.15 bits per heavy atom. The van der Waals surface area contributed by atoms with Crippen molar-refractivity contribution in [3.8, 4) is 21.9 Å². The second kappa shape index (κ2) is 8.64. The van der Waals surface area contributed by atoms with Gasteiger partial charge < -0.3 is 14.4 Å². The third-order valence-electron chi connectivity index (χ3n) is 6.04. The molecular formula is C24H23N3O4S2. The molecule has 3 aromatic heterocycles. The molecule has 0 radical (unpaired) electrons. The van der Waals surface area contributed by atoms with Crippen molar-refractivity contribution >= 4 is 38.8 Å². The fourth-order valence-electron chi connectivity index (χ4n) is 4.26. The number of rotatable bonds is 5. The summed E-state index contributed by atoms with van der Waals surface area (Å²) in [6, 6.07) is 7.86. The monoisotopic (exact) mass is 481 g/mol. The summed E-state index contributed by atoms with van der Waals surface area (Å²) in [7, 11) is 3.22. The molecule has 4 heterocycles. The highest BCUT2D eigenvalue weighted by Gasteiger charge is 2.25. The Balaban J connectivity index is 1.44. The zero-order chi connectivity index (χ0) is 23.1. The van der Waals surface area contributed by atoms with Gasteiger partial charge in [-0.3, -0.25) is 14.2 Å². The molecule has 4 aromatic rings. The lowest BCUT2D eigenvalue weighted by Gasteiger charge is -2.30. The van der Waals surface area contributed by atoms with Gasteiger partial charge in [0.1, 0.15) is 17.2 Å². The van der Waals surface area contributed by atoms with Crippen molar-refractivity contribution in [1.29, 1.82) is 0 Å². The van der Waals surface area contributed by atoms with Crippen LogP contribution in [0.15, 0.2) is 39.8 Å². The van der Waals surface area contributed by atoms with Gasteiger partial charge >= 0.3 is 0 Å². The van der Waals surface area contributed by atoms with Crippen LogP contribution in [-0.4, -0.2) is 41.1 Å². The highest BCUT2D eigenvalue weighted by Crippen LogP contribution is 2.34. The second-order valence-electron chi connectivity index (χ2n) is 7.90. The third kappa shape index (κ3) is 3.81. The van der Waals surface area contributed by atoms with Crippen molar-refractivity contribution in [2.24, 2.45) is 0 Å². The SMILES string of the molecule is COc1cc2c(cc1OC)CN(C(=O)Cn1c(C)nc3scc(-c4cccs4)c3c1=O)CC2. The molecule has 33 heavy (non-hydrogen) atoms. The summed E-state index contributed by atoms with van der Waals surface area (Å²) in [5, 5.41) is 4.54. The fourth-order valence-corrected chi connectivity index (χ4v) is 6.05. The normalized spacial score (nSPS) is 13.2. The van der Waals surface area contributed by atoms with Gasteiger partial charge in [0.15, 0.2) is 11.5 Å². The number of hydrogen-bond acceptors (Lipinski definition) is 7. The number of benzene rings is 1. The summed E-state index contributed by atoms with van der Waals surface area (Å²) in [5.74, 6) is 1.78. The number of carbonyl (C=O) groups is 1. The van der Waals surface area contributed by atoms with Crippen molar-refractivity contribution in [2.75, 3.05) is 20.8 Å². The second-order valence-corrected chi connectivity index (χ2v) is 9.70. The van der Waals surface area contributed by atoms with Crippen LogP contribution >= 0.6 is 22.7 Å². The van der Waals surface area contributed by atoms with E-state index in [1.807, 2.05) is 35.0 Å². The Kier molecular flexibility index (Phi) is 5.67. The predicted molar refractivity (Wildman–Crippen MR) is 131 cm³/mol. The van der Waals surface area contributed by atoms with Crippen LogP contribution in [0.1, 0.15) is 17.0 Å². The average molecular weight is 482 g/mol. The highest BCUT2D eigenvalue weighted by atomic mass is 32.1. The molecule has 0 bridgehead atoms. The Bertz CT molecular complexity index is 1410. The smallest absolute Gasteiger partial charge is 0.263 e. The maximum atomic E-state index is 13.4. The van der Waals surface area contributed by atoms with E-state index in [1.165, 1.54) is 15.9 Å². The molecule has 0 atom stereocenters. The standard InChI is InChI=1S/C24H23N3O4S2/c1-14-25-23-22(17(13-33-23)20-5-4-8-32-20)24(29)27(14)12-21(28)26-7-6-15-9-18(30-2)19(31-3)10-16(15)11-26/h4-5,8-10,13H,6-7,11-12H2,1-3H3. The van der Waals surface area contributed by atoms with Crippen LogP contribution in [0.2, 0.25) is 0 Å².